The Hall–Kier alpha value is -2.62. The summed E-state index contributed by atoms with van der Waals surface area (Å²) in [4.78, 5) is 12.2. The Morgan fingerprint density at radius 1 is 1.08 bits per heavy atom. The van der Waals surface area contributed by atoms with Crippen molar-refractivity contribution in [2.24, 2.45) is 5.10 Å². The number of hydrazone groups is 1. The molecule has 1 aliphatic heterocycles. The molecule has 36 heavy (non-hydrogen) atoms. The molecule has 0 spiro atoms. The summed E-state index contributed by atoms with van der Waals surface area (Å²) < 4.78 is 18.3. The molecular weight excluding hydrogens is 560 g/mol. The number of amides is 1. The highest BCUT2D eigenvalue weighted by atomic mass is 79.9. The fraction of sp³-hybridized carbons (Fsp3) is 0.259. The van der Waals surface area contributed by atoms with E-state index in [0.717, 1.165) is 15.6 Å². The minimum absolute atomic E-state index is 0.123. The Bertz CT molecular complexity index is 1200. The van der Waals surface area contributed by atoms with Crippen molar-refractivity contribution in [1.82, 2.24) is 5.43 Å². The van der Waals surface area contributed by atoms with E-state index < -0.39 is 0 Å². The zero-order chi connectivity index (χ0) is 25.3. The van der Waals surface area contributed by atoms with Crippen LogP contribution in [0.3, 0.4) is 0 Å². The second-order valence-electron chi connectivity index (χ2n) is 8.03. The topological polar surface area (TPSA) is 69.2 Å². The third kappa shape index (κ3) is 7.44. The Kier molecular flexibility index (Phi) is 9.60. The first-order valence-electron chi connectivity index (χ1n) is 11.4. The van der Waals surface area contributed by atoms with Crippen LogP contribution in [0, 0.1) is 6.92 Å². The van der Waals surface area contributed by atoms with E-state index >= 15 is 0 Å². The van der Waals surface area contributed by atoms with Gasteiger partial charge in [0.2, 0.25) is 0 Å². The average Bonchev–Trinajstić information content (AvgIpc) is 3.43. The number of thioether (sulfide) groups is 2. The maximum atomic E-state index is 12.2. The number of hydrogen-bond acceptors (Lipinski definition) is 7. The highest BCUT2D eigenvalue weighted by Gasteiger charge is 2.18. The molecule has 0 bridgehead atoms. The molecule has 6 nitrogen and oxygen atoms in total. The molecule has 4 rings (SSSR count). The van der Waals surface area contributed by atoms with E-state index in [0.29, 0.717) is 28.4 Å². The molecule has 188 valence electrons. The van der Waals surface area contributed by atoms with Gasteiger partial charge in [-0.1, -0.05) is 42.0 Å². The van der Waals surface area contributed by atoms with Crippen molar-refractivity contribution in [3.8, 4) is 17.2 Å². The Balaban J connectivity index is 1.28. The van der Waals surface area contributed by atoms with E-state index in [1.165, 1.54) is 22.6 Å². The number of carbonyl (C=O) groups excluding carboxylic acids is 1. The quantitative estimate of drug-likeness (QED) is 0.220. The lowest BCUT2D eigenvalue weighted by molar-refractivity contribution is -0.123. The van der Waals surface area contributed by atoms with Crippen molar-refractivity contribution in [2.45, 2.75) is 18.1 Å². The van der Waals surface area contributed by atoms with Crippen LogP contribution in [0.2, 0.25) is 0 Å². The van der Waals surface area contributed by atoms with Crippen LogP contribution < -0.4 is 19.6 Å². The maximum absolute atomic E-state index is 12.2. The van der Waals surface area contributed by atoms with Crippen molar-refractivity contribution in [2.75, 3.05) is 25.2 Å². The van der Waals surface area contributed by atoms with Gasteiger partial charge in [-0.05, 0) is 63.8 Å². The number of methoxy groups -OCH3 is 1. The molecule has 3 aromatic rings. The van der Waals surface area contributed by atoms with Gasteiger partial charge in [0.15, 0.2) is 18.1 Å². The van der Waals surface area contributed by atoms with Crippen molar-refractivity contribution < 1.29 is 19.0 Å². The van der Waals surface area contributed by atoms with Crippen molar-refractivity contribution in [1.29, 1.82) is 0 Å². The number of nitrogens with one attached hydrogen (secondary N) is 1. The molecule has 0 aliphatic carbocycles. The lowest BCUT2D eigenvalue weighted by Gasteiger charge is -2.13. The predicted molar refractivity (Wildman–Crippen MR) is 152 cm³/mol. The van der Waals surface area contributed by atoms with Crippen LogP contribution in [-0.2, 0) is 11.4 Å². The largest absolute Gasteiger partial charge is 0.493 e. The Morgan fingerprint density at radius 3 is 2.50 bits per heavy atom. The molecule has 1 N–H and O–H groups in total. The van der Waals surface area contributed by atoms with Gasteiger partial charge >= 0.3 is 0 Å². The highest BCUT2D eigenvalue weighted by Crippen LogP contribution is 2.45. The van der Waals surface area contributed by atoms with Gasteiger partial charge in [-0.25, -0.2) is 5.43 Å². The van der Waals surface area contributed by atoms with Crippen LogP contribution in [0.4, 0.5) is 0 Å². The standard InChI is InChI=1S/C27H27BrN2O4S2/c1-18-3-5-19(6-4-18)16-34-26-23(28)13-20(14-24(26)32-2)15-29-30-25(31)17-33-22-9-7-21(8-10-22)27-35-11-12-36-27/h3-10,13-15,27H,11-12,16-17H2,1-2H3,(H,30,31)/b29-15-. The predicted octanol–water partition coefficient (Wildman–Crippen LogP) is 6.35. The molecular formula is C27H27BrN2O4S2. The third-order valence-electron chi connectivity index (χ3n) is 5.30. The summed E-state index contributed by atoms with van der Waals surface area (Å²) in [7, 11) is 1.58. The minimum atomic E-state index is -0.346. The number of nitrogens with zero attached hydrogens (tertiary/aromatic N) is 1. The highest BCUT2D eigenvalue weighted by molar-refractivity contribution is 9.10. The number of halogens is 1. The third-order valence-corrected chi connectivity index (χ3v) is 9.00. The van der Waals surface area contributed by atoms with Gasteiger partial charge in [-0.15, -0.1) is 23.5 Å². The number of hydrogen-bond donors (Lipinski definition) is 1. The normalized spacial score (nSPS) is 13.6. The summed E-state index contributed by atoms with van der Waals surface area (Å²) in [6.45, 7) is 2.34. The fourth-order valence-corrected chi connectivity index (χ4v) is 6.86. The van der Waals surface area contributed by atoms with E-state index in [4.69, 9.17) is 14.2 Å². The Morgan fingerprint density at radius 2 is 1.81 bits per heavy atom. The summed E-state index contributed by atoms with van der Waals surface area (Å²) in [5.74, 6) is 3.84. The molecule has 1 amide bonds. The molecule has 0 saturated carbocycles. The van der Waals surface area contributed by atoms with Crippen LogP contribution >= 0.6 is 39.5 Å². The fourth-order valence-electron chi connectivity index (χ4n) is 3.43. The lowest BCUT2D eigenvalue weighted by Crippen LogP contribution is -2.24. The molecule has 1 fully saturated rings. The number of benzene rings is 3. The molecule has 0 radical (unpaired) electrons. The summed E-state index contributed by atoms with van der Waals surface area (Å²) >= 11 is 7.46. The molecule has 9 heteroatoms. The molecule has 1 heterocycles. The monoisotopic (exact) mass is 586 g/mol. The number of ether oxygens (including phenoxy) is 3. The summed E-state index contributed by atoms with van der Waals surface area (Å²) in [5, 5.41) is 4.04. The average molecular weight is 588 g/mol. The van der Waals surface area contributed by atoms with Crippen LogP contribution in [0.15, 0.2) is 70.2 Å². The first-order chi connectivity index (χ1) is 17.5. The van der Waals surface area contributed by atoms with Crippen LogP contribution in [0.5, 0.6) is 17.2 Å². The summed E-state index contributed by atoms with van der Waals surface area (Å²) in [6.07, 6.45) is 1.54. The first kappa shape index (κ1) is 26.4. The Labute approximate surface area is 228 Å². The lowest BCUT2D eigenvalue weighted by atomic mass is 10.2. The molecule has 1 aliphatic rings. The van der Waals surface area contributed by atoms with E-state index in [9.17, 15) is 4.79 Å². The second kappa shape index (κ2) is 13.1. The number of carbonyl (C=O) groups is 1. The summed E-state index contributed by atoms with van der Waals surface area (Å²) in [6, 6.07) is 19.7. The zero-order valence-electron chi connectivity index (χ0n) is 20.0. The van der Waals surface area contributed by atoms with Crippen molar-refractivity contribution in [3.63, 3.8) is 0 Å². The van der Waals surface area contributed by atoms with Crippen LogP contribution in [0.1, 0.15) is 26.8 Å². The van der Waals surface area contributed by atoms with E-state index in [2.05, 4.69) is 50.7 Å². The van der Waals surface area contributed by atoms with Gasteiger partial charge < -0.3 is 14.2 Å². The van der Waals surface area contributed by atoms with Crippen LogP contribution in [-0.4, -0.2) is 37.3 Å². The van der Waals surface area contributed by atoms with E-state index in [1.54, 1.807) is 19.4 Å². The minimum Gasteiger partial charge on any atom is -0.493 e. The zero-order valence-corrected chi connectivity index (χ0v) is 23.3. The maximum Gasteiger partial charge on any atom is 0.277 e. The van der Waals surface area contributed by atoms with E-state index in [1.807, 2.05) is 60.8 Å². The smallest absolute Gasteiger partial charge is 0.277 e. The van der Waals surface area contributed by atoms with Gasteiger partial charge in [0.1, 0.15) is 12.4 Å². The van der Waals surface area contributed by atoms with Gasteiger partial charge in [0.25, 0.3) is 5.91 Å². The molecule has 0 atom stereocenters. The van der Waals surface area contributed by atoms with E-state index in [-0.39, 0.29) is 12.5 Å². The molecule has 3 aromatic carbocycles. The number of aryl methyl sites for hydroxylation is 1. The van der Waals surface area contributed by atoms with Gasteiger partial charge in [-0.3, -0.25) is 4.79 Å². The van der Waals surface area contributed by atoms with Gasteiger partial charge in [-0.2, -0.15) is 5.10 Å². The SMILES string of the molecule is COc1cc(/C=N\NC(=O)COc2ccc(C3SCCS3)cc2)cc(Br)c1OCc1ccc(C)cc1. The number of rotatable bonds is 10. The molecule has 0 aromatic heterocycles. The van der Waals surface area contributed by atoms with Gasteiger partial charge in [0.05, 0.1) is 22.4 Å². The van der Waals surface area contributed by atoms with Crippen LogP contribution in [0.25, 0.3) is 0 Å². The van der Waals surface area contributed by atoms with Gasteiger partial charge in [0, 0.05) is 11.5 Å². The second-order valence-corrected chi connectivity index (χ2v) is 11.6. The molecule has 0 unspecified atom stereocenters. The summed E-state index contributed by atoms with van der Waals surface area (Å²) in [5.41, 5.74) is 6.77. The van der Waals surface area contributed by atoms with Crippen molar-refractivity contribution in [3.05, 3.63) is 87.4 Å². The first-order valence-corrected chi connectivity index (χ1v) is 14.2. The van der Waals surface area contributed by atoms with Crippen molar-refractivity contribution >= 4 is 51.6 Å². The molecule has 1 saturated heterocycles.